The predicted octanol–water partition coefficient (Wildman–Crippen LogP) is 0.260. The first-order valence-electron chi connectivity index (χ1n) is 8.15. The summed E-state index contributed by atoms with van der Waals surface area (Å²) in [6.07, 6.45) is -0.766. The Morgan fingerprint density at radius 3 is 2.75 bits per heavy atom. The molecule has 8 heteroatoms. The van der Waals surface area contributed by atoms with Gasteiger partial charge >= 0.3 is 5.97 Å². The zero-order valence-corrected chi connectivity index (χ0v) is 14.9. The summed E-state index contributed by atoms with van der Waals surface area (Å²) in [5.74, 6) is -0.936. The van der Waals surface area contributed by atoms with Crippen LogP contribution >= 0.6 is 11.8 Å². The molecule has 2 N–H and O–H groups in total. The summed E-state index contributed by atoms with van der Waals surface area (Å²) in [5, 5.41) is 20.5. The van der Waals surface area contributed by atoms with Gasteiger partial charge in [-0.15, -0.1) is 11.8 Å². The van der Waals surface area contributed by atoms with Crippen molar-refractivity contribution in [3.63, 3.8) is 0 Å². The Hall–Kier alpha value is -1.38. The molecule has 0 aromatic heterocycles. The summed E-state index contributed by atoms with van der Waals surface area (Å²) in [7, 11) is 1.93. The number of aliphatic hydroxyl groups excluding tert-OH is 1. The molecule has 0 unspecified atom stereocenters. The monoisotopic (exact) mass is 353 g/mol. The number of aliphatic hydroxyl groups is 1. The molecule has 1 saturated heterocycles. The first-order valence-corrected chi connectivity index (χ1v) is 9.13. The topological polar surface area (TPSA) is 93.4 Å². The lowest BCUT2D eigenvalue weighted by atomic mass is 9.77. The lowest BCUT2D eigenvalue weighted by Crippen LogP contribution is -2.63. The van der Waals surface area contributed by atoms with Crippen LogP contribution in [-0.4, -0.2) is 81.5 Å². The molecule has 0 aliphatic carbocycles. The van der Waals surface area contributed by atoms with E-state index in [4.69, 9.17) is 0 Å². The fourth-order valence-corrected chi connectivity index (χ4v) is 4.82. The fraction of sp³-hybridized carbons (Fsp3) is 0.688. The smallest absolute Gasteiger partial charge is 0.352 e. The molecule has 3 heterocycles. The van der Waals surface area contributed by atoms with E-state index >= 15 is 0 Å². The molecule has 1 fully saturated rings. The van der Waals surface area contributed by atoms with E-state index in [1.54, 1.807) is 18.7 Å². The largest absolute Gasteiger partial charge is 0.477 e. The molecule has 4 atom stereocenters. The molecule has 24 heavy (non-hydrogen) atoms. The lowest BCUT2D eigenvalue weighted by molar-refractivity contribution is -0.163. The zero-order valence-electron chi connectivity index (χ0n) is 14.1. The Balaban J connectivity index is 1.80. The number of carboxylic acid groups (broad SMARTS) is 1. The van der Waals surface area contributed by atoms with Crippen LogP contribution in [0.3, 0.4) is 0 Å². The van der Waals surface area contributed by atoms with Gasteiger partial charge in [-0.05, 0) is 19.5 Å². The predicted molar refractivity (Wildman–Crippen MR) is 91.9 cm³/mol. The number of likely N-dealkylation sites (N-methyl/N-ethyl adjacent to an activating group) is 1. The van der Waals surface area contributed by atoms with E-state index in [1.807, 2.05) is 18.9 Å². The second-order valence-electron chi connectivity index (χ2n) is 6.73. The van der Waals surface area contributed by atoms with Gasteiger partial charge in [-0.3, -0.25) is 14.7 Å². The van der Waals surface area contributed by atoms with Crippen molar-refractivity contribution in [1.29, 1.82) is 0 Å². The number of aliphatic carboxylic acids is 1. The molecule has 7 nitrogen and oxygen atoms in total. The number of aliphatic imine (C=N–C) groups is 1. The maximum Gasteiger partial charge on any atom is 0.352 e. The van der Waals surface area contributed by atoms with Crippen molar-refractivity contribution >= 4 is 28.7 Å². The van der Waals surface area contributed by atoms with E-state index in [1.165, 1.54) is 4.90 Å². The van der Waals surface area contributed by atoms with Gasteiger partial charge in [0.15, 0.2) is 0 Å². The number of thioether (sulfide) groups is 1. The van der Waals surface area contributed by atoms with Crippen LogP contribution in [0.4, 0.5) is 0 Å². The molecule has 1 amide bonds. The van der Waals surface area contributed by atoms with Crippen LogP contribution in [0.25, 0.3) is 0 Å². The van der Waals surface area contributed by atoms with Crippen molar-refractivity contribution in [2.45, 2.75) is 26.0 Å². The van der Waals surface area contributed by atoms with Crippen molar-refractivity contribution in [3.05, 3.63) is 11.3 Å². The summed E-state index contributed by atoms with van der Waals surface area (Å²) in [5.41, 5.74) is 0.859. The van der Waals surface area contributed by atoms with Crippen LogP contribution in [-0.2, 0) is 9.59 Å². The highest BCUT2D eigenvalue weighted by Crippen LogP contribution is 2.47. The Kier molecular flexibility index (Phi) is 4.72. The Morgan fingerprint density at radius 2 is 2.21 bits per heavy atom. The van der Waals surface area contributed by atoms with Crippen LogP contribution in [0.2, 0.25) is 0 Å². The molecular weight excluding hydrogens is 330 g/mol. The van der Waals surface area contributed by atoms with E-state index in [9.17, 15) is 19.8 Å². The SMILES string of the molecule is C[C@@H](O)[C@H]1C(=O)N2C(C(=O)O)=C(CN(C)CC3=NCCS3)[C@H](C)[C@H]12. The van der Waals surface area contributed by atoms with Gasteiger partial charge in [0.1, 0.15) is 5.70 Å². The molecule has 0 bridgehead atoms. The number of hydrogen-bond acceptors (Lipinski definition) is 6. The number of rotatable bonds is 6. The molecule has 0 aromatic rings. The van der Waals surface area contributed by atoms with E-state index < -0.39 is 18.0 Å². The van der Waals surface area contributed by atoms with Gasteiger partial charge < -0.3 is 15.1 Å². The summed E-state index contributed by atoms with van der Waals surface area (Å²) >= 11 is 1.73. The van der Waals surface area contributed by atoms with E-state index in [0.29, 0.717) is 13.1 Å². The average molecular weight is 353 g/mol. The number of nitrogens with zero attached hydrogens (tertiary/aromatic N) is 3. The van der Waals surface area contributed by atoms with Crippen LogP contribution in [0.1, 0.15) is 13.8 Å². The van der Waals surface area contributed by atoms with Gasteiger partial charge in [-0.1, -0.05) is 6.92 Å². The number of amides is 1. The molecule has 3 rings (SSSR count). The molecule has 0 radical (unpaired) electrons. The molecule has 0 aromatic carbocycles. The minimum atomic E-state index is -1.07. The molecular formula is C16H23N3O4S. The van der Waals surface area contributed by atoms with Crippen molar-refractivity contribution in [2.24, 2.45) is 16.8 Å². The van der Waals surface area contributed by atoms with Crippen LogP contribution in [0.5, 0.6) is 0 Å². The van der Waals surface area contributed by atoms with Gasteiger partial charge in [0.05, 0.1) is 23.1 Å². The first-order chi connectivity index (χ1) is 11.3. The molecule has 0 spiro atoms. The summed E-state index contributed by atoms with van der Waals surface area (Å²) in [6.45, 7) is 5.54. The number of carbonyl (C=O) groups excluding carboxylic acids is 1. The molecule has 3 aliphatic rings. The number of carbonyl (C=O) groups is 2. The van der Waals surface area contributed by atoms with Crippen LogP contribution in [0.15, 0.2) is 16.3 Å². The maximum absolute atomic E-state index is 12.3. The molecule has 132 valence electrons. The third kappa shape index (κ3) is 2.76. The normalized spacial score (nSPS) is 30.5. The summed E-state index contributed by atoms with van der Waals surface area (Å²) in [4.78, 5) is 31.9. The quantitative estimate of drug-likeness (QED) is 0.666. The van der Waals surface area contributed by atoms with Gasteiger partial charge in [-0.2, -0.15) is 0 Å². The van der Waals surface area contributed by atoms with Gasteiger partial charge in [0.2, 0.25) is 5.91 Å². The first kappa shape index (κ1) is 17.4. The Bertz CT molecular complexity index is 631. The van der Waals surface area contributed by atoms with Crippen LogP contribution < -0.4 is 0 Å². The Labute approximate surface area is 145 Å². The molecule has 3 aliphatic heterocycles. The van der Waals surface area contributed by atoms with Gasteiger partial charge in [0, 0.05) is 31.3 Å². The van der Waals surface area contributed by atoms with E-state index in [2.05, 4.69) is 4.99 Å². The number of fused-ring (bicyclic) bond motifs is 1. The number of hydrogen-bond donors (Lipinski definition) is 2. The summed E-state index contributed by atoms with van der Waals surface area (Å²) < 4.78 is 0. The van der Waals surface area contributed by atoms with Crippen LogP contribution in [0, 0.1) is 11.8 Å². The third-order valence-corrected chi connectivity index (χ3v) is 5.99. The van der Waals surface area contributed by atoms with Crippen molar-refractivity contribution < 1.29 is 19.8 Å². The highest BCUT2D eigenvalue weighted by atomic mass is 32.2. The summed E-state index contributed by atoms with van der Waals surface area (Å²) in [6, 6.07) is -0.245. The van der Waals surface area contributed by atoms with Crippen molar-refractivity contribution in [1.82, 2.24) is 9.80 Å². The maximum atomic E-state index is 12.3. The zero-order chi connectivity index (χ0) is 17.6. The second-order valence-corrected chi connectivity index (χ2v) is 7.90. The standard InChI is InChI=1S/C16H23N3O4S/c1-8-10(6-18(3)7-11-17-4-5-24-11)14(16(22)23)19-13(8)12(9(2)20)15(19)21/h8-9,12-13,20H,4-7H2,1-3H3,(H,22,23)/t8-,9+,12+,13+/m0/s1. The second kappa shape index (κ2) is 6.50. The number of carboxylic acids is 1. The van der Waals surface area contributed by atoms with Crippen molar-refractivity contribution in [3.8, 4) is 0 Å². The minimum absolute atomic E-state index is 0.0750. The Morgan fingerprint density at radius 1 is 1.50 bits per heavy atom. The van der Waals surface area contributed by atoms with Gasteiger partial charge in [-0.25, -0.2) is 4.79 Å². The van der Waals surface area contributed by atoms with E-state index in [0.717, 1.165) is 22.9 Å². The number of β-lactam (4-membered cyclic amide) rings is 1. The van der Waals surface area contributed by atoms with Crippen molar-refractivity contribution in [2.75, 3.05) is 32.4 Å². The minimum Gasteiger partial charge on any atom is -0.477 e. The fourth-order valence-electron chi connectivity index (χ4n) is 3.91. The highest BCUT2D eigenvalue weighted by molar-refractivity contribution is 8.14. The van der Waals surface area contributed by atoms with Gasteiger partial charge in [0.25, 0.3) is 0 Å². The lowest BCUT2D eigenvalue weighted by Gasteiger charge is -2.46. The highest BCUT2D eigenvalue weighted by Gasteiger charge is 2.59. The average Bonchev–Trinajstić information content (AvgIpc) is 3.06. The van der Waals surface area contributed by atoms with E-state index in [-0.39, 0.29) is 23.6 Å². The third-order valence-electron chi connectivity index (χ3n) is 5.01. The molecule has 0 saturated carbocycles.